The third-order valence-electron chi connectivity index (χ3n) is 4.36. The number of pyridine rings is 1. The van der Waals surface area contributed by atoms with Crippen molar-refractivity contribution in [1.82, 2.24) is 20.1 Å². The lowest BCUT2D eigenvalue weighted by Crippen LogP contribution is -2.41. The second-order valence-corrected chi connectivity index (χ2v) is 6.04. The van der Waals surface area contributed by atoms with Gasteiger partial charge in [-0.1, -0.05) is 0 Å². The van der Waals surface area contributed by atoms with Crippen molar-refractivity contribution in [3.63, 3.8) is 0 Å². The van der Waals surface area contributed by atoms with Crippen LogP contribution in [0.5, 0.6) is 0 Å². The van der Waals surface area contributed by atoms with E-state index in [0.29, 0.717) is 38.4 Å². The minimum atomic E-state index is -0.259. The van der Waals surface area contributed by atoms with Gasteiger partial charge in [0.2, 0.25) is 0 Å². The van der Waals surface area contributed by atoms with Crippen LogP contribution in [0.25, 0.3) is 0 Å². The quantitative estimate of drug-likeness (QED) is 0.781. The molecule has 3 rings (SSSR count). The summed E-state index contributed by atoms with van der Waals surface area (Å²) >= 11 is 0. The molecule has 2 saturated heterocycles. The Labute approximate surface area is 147 Å². The number of aromatic nitrogens is 1. The summed E-state index contributed by atoms with van der Waals surface area (Å²) in [5.74, 6) is -0.349. The number of nitrogens with zero attached hydrogens (tertiary/aromatic N) is 3. The normalized spacial score (nSPS) is 18.8. The van der Waals surface area contributed by atoms with E-state index in [-0.39, 0.29) is 17.5 Å². The number of rotatable bonds is 5. The Hall–Kier alpha value is -2.03. The standard InChI is InChI=1S/C17H24N4O4/c22-16(19-3-4-20-5-9-24-10-6-20)15-13-14(1-2-18-15)17(23)21-7-11-25-12-8-21/h1-2,13H,3-12H2,(H,19,22). The average Bonchev–Trinajstić information content (AvgIpc) is 2.69. The van der Waals surface area contributed by atoms with E-state index < -0.39 is 0 Å². The Balaban J connectivity index is 1.52. The molecule has 3 heterocycles. The summed E-state index contributed by atoms with van der Waals surface area (Å²) in [5.41, 5.74) is 0.747. The smallest absolute Gasteiger partial charge is 0.269 e. The molecule has 0 radical (unpaired) electrons. The van der Waals surface area contributed by atoms with E-state index in [2.05, 4.69) is 15.2 Å². The molecule has 0 unspecified atom stereocenters. The zero-order valence-electron chi connectivity index (χ0n) is 14.3. The van der Waals surface area contributed by atoms with Gasteiger partial charge in [-0.3, -0.25) is 19.5 Å². The first kappa shape index (κ1) is 17.8. The van der Waals surface area contributed by atoms with Crippen LogP contribution >= 0.6 is 0 Å². The second-order valence-electron chi connectivity index (χ2n) is 6.04. The van der Waals surface area contributed by atoms with Crippen molar-refractivity contribution in [2.75, 3.05) is 65.7 Å². The molecular weight excluding hydrogens is 324 g/mol. The number of morpholine rings is 2. The van der Waals surface area contributed by atoms with E-state index in [9.17, 15) is 9.59 Å². The third-order valence-corrected chi connectivity index (χ3v) is 4.36. The number of ether oxygens (including phenoxy) is 2. The van der Waals surface area contributed by atoms with Crippen molar-refractivity contribution in [1.29, 1.82) is 0 Å². The Bertz CT molecular complexity index is 598. The molecule has 0 spiro atoms. The van der Waals surface area contributed by atoms with Crippen LogP contribution in [0.3, 0.4) is 0 Å². The van der Waals surface area contributed by atoms with E-state index in [1.54, 1.807) is 17.0 Å². The van der Waals surface area contributed by atoms with Gasteiger partial charge in [0.1, 0.15) is 5.69 Å². The molecular formula is C17H24N4O4. The molecule has 8 heteroatoms. The zero-order valence-corrected chi connectivity index (χ0v) is 14.3. The summed E-state index contributed by atoms with van der Waals surface area (Å²) in [7, 11) is 0. The van der Waals surface area contributed by atoms with Crippen molar-refractivity contribution >= 4 is 11.8 Å². The molecule has 0 bridgehead atoms. The Morgan fingerprint density at radius 3 is 2.48 bits per heavy atom. The molecule has 0 aliphatic carbocycles. The van der Waals surface area contributed by atoms with Gasteiger partial charge in [0.15, 0.2) is 0 Å². The molecule has 2 aliphatic rings. The van der Waals surface area contributed by atoms with Gasteiger partial charge < -0.3 is 19.7 Å². The lowest BCUT2D eigenvalue weighted by atomic mass is 10.2. The Kier molecular flexibility index (Phi) is 6.32. The molecule has 0 saturated carbocycles. The first-order chi connectivity index (χ1) is 12.2. The van der Waals surface area contributed by atoms with Gasteiger partial charge in [-0.15, -0.1) is 0 Å². The number of nitrogens with one attached hydrogen (secondary N) is 1. The summed E-state index contributed by atoms with van der Waals surface area (Å²) < 4.78 is 10.6. The summed E-state index contributed by atoms with van der Waals surface area (Å²) in [6.45, 7) is 6.81. The summed E-state index contributed by atoms with van der Waals surface area (Å²) in [6, 6.07) is 3.20. The van der Waals surface area contributed by atoms with E-state index in [4.69, 9.17) is 9.47 Å². The minimum absolute atomic E-state index is 0.0898. The largest absolute Gasteiger partial charge is 0.379 e. The van der Waals surface area contributed by atoms with Crippen molar-refractivity contribution in [3.8, 4) is 0 Å². The number of carbonyl (C=O) groups is 2. The molecule has 2 amide bonds. The van der Waals surface area contributed by atoms with Gasteiger partial charge in [0, 0.05) is 51.0 Å². The number of hydrogen-bond donors (Lipinski definition) is 1. The monoisotopic (exact) mass is 348 g/mol. The second kappa shape index (κ2) is 8.89. The molecule has 1 N–H and O–H groups in total. The molecule has 1 aromatic rings. The molecule has 25 heavy (non-hydrogen) atoms. The van der Waals surface area contributed by atoms with Crippen molar-refractivity contribution in [2.45, 2.75) is 0 Å². The van der Waals surface area contributed by atoms with Crippen molar-refractivity contribution in [2.24, 2.45) is 0 Å². The fraction of sp³-hybridized carbons (Fsp3) is 0.588. The van der Waals surface area contributed by atoms with Gasteiger partial charge in [-0.05, 0) is 12.1 Å². The van der Waals surface area contributed by atoms with Gasteiger partial charge >= 0.3 is 0 Å². The molecule has 2 aliphatic heterocycles. The predicted molar refractivity (Wildman–Crippen MR) is 90.6 cm³/mol. The number of carbonyl (C=O) groups excluding carboxylic acids is 2. The fourth-order valence-corrected chi connectivity index (χ4v) is 2.88. The van der Waals surface area contributed by atoms with E-state index in [1.165, 1.54) is 6.20 Å². The van der Waals surface area contributed by atoms with E-state index >= 15 is 0 Å². The maximum Gasteiger partial charge on any atom is 0.269 e. The lowest BCUT2D eigenvalue weighted by Gasteiger charge is -2.27. The van der Waals surface area contributed by atoms with Crippen LogP contribution < -0.4 is 5.32 Å². The van der Waals surface area contributed by atoms with Crippen LogP contribution in [-0.2, 0) is 9.47 Å². The van der Waals surface area contributed by atoms with Crippen molar-refractivity contribution < 1.29 is 19.1 Å². The van der Waals surface area contributed by atoms with E-state index in [0.717, 1.165) is 32.8 Å². The SMILES string of the molecule is O=C(NCCN1CCOCC1)c1cc(C(=O)N2CCOCC2)ccn1. The molecule has 2 fully saturated rings. The molecule has 8 nitrogen and oxygen atoms in total. The highest BCUT2D eigenvalue weighted by atomic mass is 16.5. The van der Waals surface area contributed by atoms with Crippen LogP contribution in [0.15, 0.2) is 18.3 Å². The first-order valence-electron chi connectivity index (χ1n) is 8.65. The first-order valence-corrected chi connectivity index (χ1v) is 8.65. The van der Waals surface area contributed by atoms with Crippen LogP contribution in [0.2, 0.25) is 0 Å². The summed E-state index contributed by atoms with van der Waals surface area (Å²) in [6.07, 6.45) is 1.50. The highest BCUT2D eigenvalue weighted by molar-refractivity contribution is 5.98. The Morgan fingerprint density at radius 2 is 1.76 bits per heavy atom. The molecule has 0 atom stereocenters. The van der Waals surface area contributed by atoms with Crippen LogP contribution in [-0.4, -0.2) is 92.3 Å². The number of hydrogen-bond acceptors (Lipinski definition) is 6. The predicted octanol–water partition coefficient (Wildman–Crippen LogP) is -0.384. The molecule has 136 valence electrons. The topological polar surface area (TPSA) is 84.0 Å². The van der Waals surface area contributed by atoms with Gasteiger partial charge in [0.05, 0.1) is 26.4 Å². The van der Waals surface area contributed by atoms with Crippen LogP contribution in [0, 0.1) is 0 Å². The van der Waals surface area contributed by atoms with Gasteiger partial charge in [-0.2, -0.15) is 0 Å². The zero-order chi connectivity index (χ0) is 17.5. The van der Waals surface area contributed by atoms with Crippen LogP contribution in [0.1, 0.15) is 20.8 Å². The maximum atomic E-state index is 12.5. The lowest BCUT2D eigenvalue weighted by molar-refractivity contribution is 0.0303. The van der Waals surface area contributed by atoms with Crippen LogP contribution in [0.4, 0.5) is 0 Å². The van der Waals surface area contributed by atoms with Crippen molar-refractivity contribution in [3.05, 3.63) is 29.6 Å². The average molecular weight is 348 g/mol. The summed E-state index contributed by atoms with van der Waals surface area (Å²) in [4.78, 5) is 32.8. The van der Waals surface area contributed by atoms with Gasteiger partial charge in [0.25, 0.3) is 11.8 Å². The Morgan fingerprint density at radius 1 is 1.08 bits per heavy atom. The molecule has 1 aromatic heterocycles. The third kappa shape index (κ3) is 4.97. The number of amides is 2. The van der Waals surface area contributed by atoms with Gasteiger partial charge in [-0.25, -0.2) is 0 Å². The molecule has 0 aromatic carbocycles. The summed E-state index contributed by atoms with van der Waals surface area (Å²) in [5, 5.41) is 2.86. The highest BCUT2D eigenvalue weighted by Crippen LogP contribution is 2.08. The van der Waals surface area contributed by atoms with E-state index in [1.807, 2.05) is 0 Å². The fourth-order valence-electron chi connectivity index (χ4n) is 2.88. The highest BCUT2D eigenvalue weighted by Gasteiger charge is 2.20. The minimum Gasteiger partial charge on any atom is -0.379 e. The maximum absolute atomic E-state index is 12.5.